The molecule has 1 saturated heterocycles. The number of likely N-dealkylation sites (tertiary alicyclic amines) is 1. The fraction of sp³-hybridized carbons (Fsp3) is 0.522. The molecule has 0 amide bonds. The van der Waals surface area contributed by atoms with E-state index in [9.17, 15) is 0 Å². The molecule has 1 aromatic carbocycles. The van der Waals surface area contributed by atoms with Crippen molar-refractivity contribution in [2.45, 2.75) is 52.3 Å². The summed E-state index contributed by atoms with van der Waals surface area (Å²) in [5.41, 5.74) is 4.69. The van der Waals surface area contributed by atoms with Crippen molar-refractivity contribution in [1.82, 2.24) is 15.2 Å². The van der Waals surface area contributed by atoms with Gasteiger partial charge in [-0.15, -0.1) is 0 Å². The summed E-state index contributed by atoms with van der Waals surface area (Å²) in [5, 5.41) is 3.68. The van der Waals surface area contributed by atoms with Gasteiger partial charge in [-0.1, -0.05) is 18.2 Å². The molecule has 4 heteroatoms. The van der Waals surface area contributed by atoms with Crippen molar-refractivity contribution in [2.75, 3.05) is 19.6 Å². The van der Waals surface area contributed by atoms with Crippen molar-refractivity contribution < 1.29 is 4.74 Å². The van der Waals surface area contributed by atoms with Crippen LogP contribution in [-0.2, 0) is 13.2 Å². The normalized spacial score (nSPS) is 20.1. The number of hydrogen-bond acceptors (Lipinski definition) is 4. The van der Waals surface area contributed by atoms with Gasteiger partial charge in [-0.05, 0) is 80.9 Å². The van der Waals surface area contributed by atoms with Crippen molar-refractivity contribution in [2.24, 2.45) is 5.92 Å². The minimum atomic E-state index is 0.513. The Bertz CT molecular complexity index is 734. The summed E-state index contributed by atoms with van der Waals surface area (Å²) in [4.78, 5) is 7.02. The molecule has 27 heavy (non-hydrogen) atoms. The van der Waals surface area contributed by atoms with E-state index in [0.29, 0.717) is 6.61 Å². The number of hydrogen-bond donors (Lipinski definition) is 1. The number of ether oxygens (including phenoxy) is 1. The van der Waals surface area contributed by atoms with Crippen molar-refractivity contribution in [3.05, 3.63) is 58.9 Å². The highest BCUT2D eigenvalue weighted by molar-refractivity contribution is 5.43. The maximum Gasteiger partial charge on any atom is 0.130 e. The van der Waals surface area contributed by atoms with Crippen LogP contribution in [-0.4, -0.2) is 35.6 Å². The number of aromatic nitrogens is 1. The van der Waals surface area contributed by atoms with Gasteiger partial charge in [0.05, 0.1) is 5.69 Å². The van der Waals surface area contributed by atoms with E-state index in [4.69, 9.17) is 4.74 Å². The van der Waals surface area contributed by atoms with Gasteiger partial charge in [-0.2, -0.15) is 0 Å². The van der Waals surface area contributed by atoms with E-state index < -0.39 is 0 Å². The zero-order valence-corrected chi connectivity index (χ0v) is 16.6. The molecule has 1 aliphatic heterocycles. The highest BCUT2D eigenvalue weighted by Crippen LogP contribution is 2.31. The Morgan fingerprint density at radius 3 is 2.67 bits per heavy atom. The van der Waals surface area contributed by atoms with Gasteiger partial charge < -0.3 is 15.0 Å². The van der Waals surface area contributed by atoms with E-state index in [1.54, 1.807) is 6.20 Å². The zero-order valence-electron chi connectivity index (χ0n) is 16.6. The number of nitrogens with one attached hydrogen (secondary N) is 1. The largest absolute Gasteiger partial charge is 0.487 e. The van der Waals surface area contributed by atoms with Crippen LogP contribution in [0.5, 0.6) is 5.75 Å². The highest BCUT2D eigenvalue weighted by atomic mass is 16.5. The van der Waals surface area contributed by atoms with Crippen LogP contribution in [0.4, 0.5) is 0 Å². The van der Waals surface area contributed by atoms with Crippen LogP contribution in [0.1, 0.15) is 41.6 Å². The SMILES string of the molecule is Cc1cc(CNCC2CCN(C3CC3)C2)cc(C)c1OCc1ccccn1. The van der Waals surface area contributed by atoms with E-state index in [1.807, 2.05) is 18.2 Å². The predicted molar refractivity (Wildman–Crippen MR) is 109 cm³/mol. The van der Waals surface area contributed by atoms with E-state index in [0.717, 1.165) is 36.5 Å². The molecule has 4 rings (SSSR count). The molecule has 1 saturated carbocycles. The van der Waals surface area contributed by atoms with Gasteiger partial charge in [0, 0.05) is 25.3 Å². The molecule has 1 unspecified atom stereocenters. The lowest BCUT2D eigenvalue weighted by atomic mass is 10.0. The fourth-order valence-electron chi connectivity index (χ4n) is 4.22. The number of aryl methyl sites for hydroxylation is 2. The van der Waals surface area contributed by atoms with Crippen LogP contribution in [0.25, 0.3) is 0 Å². The molecule has 1 atom stereocenters. The van der Waals surface area contributed by atoms with Crippen LogP contribution in [0, 0.1) is 19.8 Å². The maximum absolute atomic E-state index is 6.05. The van der Waals surface area contributed by atoms with E-state index in [1.165, 1.54) is 49.0 Å². The summed E-state index contributed by atoms with van der Waals surface area (Å²) in [6.07, 6.45) is 6.00. The number of benzene rings is 1. The third-order valence-corrected chi connectivity index (χ3v) is 5.75. The molecule has 0 radical (unpaired) electrons. The zero-order chi connectivity index (χ0) is 18.6. The summed E-state index contributed by atoms with van der Waals surface area (Å²) >= 11 is 0. The van der Waals surface area contributed by atoms with Crippen LogP contribution in [0.2, 0.25) is 0 Å². The van der Waals surface area contributed by atoms with E-state index in [-0.39, 0.29) is 0 Å². The quantitative estimate of drug-likeness (QED) is 0.771. The smallest absolute Gasteiger partial charge is 0.130 e. The van der Waals surface area contributed by atoms with Gasteiger partial charge in [0.25, 0.3) is 0 Å². The first-order chi connectivity index (χ1) is 13.2. The lowest BCUT2D eigenvalue weighted by Crippen LogP contribution is -2.27. The van der Waals surface area contributed by atoms with E-state index >= 15 is 0 Å². The third kappa shape index (κ3) is 4.88. The fourth-order valence-corrected chi connectivity index (χ4v) is 4.22. The van der Waals surface area contributed by atoms with Crippen molar-refractivity contribution >= 4 is 0 Å². The minimum Gasteiger partial charge on any atom is -0.487 e. The standard InChI is InChI=1S/C23H31N3O/c1-17-11-20(14-24-13-19-8-10-26(15-19)22-6-7-22)12-18(2)23(17)27-16-21-5-3-4-9-25-21/h3-5,9,11-12,19,22,24H,6-8,10,13-16H2,1-2H3. The Morgan fingerprint density at radius 1 is 1.15 bits per heavy atom. The molecule has 2 fully saturated rings. The molecule has 4 nitrogen and oxygen atoms in total. The Morgan fingerprint density at radius 2 is 1.96 bits per heavy atom. The predicted octanol–water partition coefficient (Wildman–Crippen LogP) is 3.85. The molecule has 1 aromatic heterocycles. The Labute approximate surface area is 162 Å². The Hall–Kier alpha value is -1.91. The van der Waals surface area contributed by atoms with Crippen LogP contribution < -0.4 is 10.1 Å². The van der Waals surface area contributed by atoms with E-state index in [2.05, 4.69) is 41.2 Å². The molecule has 0 bridgehead atoms. The molecule has 1 N–H and O–H groups in total. The first-order valence-corrected chi connectivity index (χ1v) is 10.3. The Balaban J connectivity index is 1.27. The monoisotopic (exact) mass is 365 g/mol. The van der Waals surface area contributed by atoms with Crippen LogP contribution >= 0.6 is 0 Å². The first kappa shape index (κ1) is 18.5. The molecule has 0 spiro atoms. The lowest BCUT2D eigenvalue weighted by molar-refractivity contribution is 0.297. The molecule has 2 aromatic rings. The topological polar surface area (TPSA) is 37.4 Å². The number of nitrogens with zero attached hydrogens (tertiary/aromatic N) is 2. The molecule has 1 aliphatic carbocycles. The summed E-state index contributed by atoms with van der Waals surface area (Å²) in [7, 11) is 0. The Kier molecular flexibility index (Phi) is 5.74. The summed E-state index contributed by atoms with van der Waals surface area (Å²) in [6.45, 7) is 9.43. The second-order valence-electron chi connectivity index (χ2n) is 8.18. The van der Waals surface area contributed by atoms with Gasteiger partial charge in [-0.25, -0.2) is 0 Å². The molecule has 144 valence electrons. The molecular weight excluding hydrogens is 334 g/mol. The van der Waals surface area contributed by atoms with Crippen LogP contribution in [0.3, 0.4) is 0 Å². The second kappa shape index (κ2) is 8.41. The van der Waals surface area contributed by atoms with Gasteiger partial charge in [0.1, 0.15) is 12.4 Å². The molecule has 2 aliphatic rings. The van der Waals surface area contributed by atoms with Gasteiger partial charge in [0.2, 0.25) is 0 Å². The maximum atomic E-state index is 6.05. The molecular formula is C23H31N3O. The van der Waals surface area contributed by atoms with Gasteiger partial charge >= 0.3 is 0 Å². The second-order valence-corrected chi connectivity index (χ2v) is 8.18. The summed E-state index contributed by atoms with van der Waals surface area (Å²) in [6, 6.07) is 11.3. The average Bonchev–Trinajstić information content (AvgIpc) is 3.41. The average molecular weight is 366 g/mol. The van der Waals surface area contributed by atoms with Crippen molar-refractivity contribution in [1.29, 1.82) is 0 Å². The van der Waals surface area contributed by atoms with Crippen molar-refractivity contribution in [3.63, 3.8) is 0 Å². The highest BCUT2D eigenvalue weighted by Gasteiger charge is 2.33. The molecule has 2 heterocycles. The summed E-state index contributed by atoms with van der Waals surface area (Å²) in [5.74, 6) is 1.80. The number of rotatable bonds is 8. The van der Waals surface area contributed by atoms with Crippen LogP contribution in [0.15, 0.2) is 36.5 Å². The lowest BCUT2D eigenvalue weighted by Gasteiger charge is -2.16. The first-order valence-electron chi connectivity index (χ1n) is 10.3. The summed E-state index contributed by atoms with van der Waals surface area (Å²) < 4.78 is 6.05. The third-order valence-electron chi connectivity index (χ3n) is 5.75. The van der Waals surface area contributed by atoms with Crippen molar-refractivity contribution in [3.8, 4) is 5.75 Å². The number of pyridine rings is 1. The van der Waals surface area contributed by atoms with Gasteiger partial charge in [-0.3, -0.25) is 4.98 Å². The minimum absolute atomic E-state index is 0.513. The van der Waals surface area contributed by atoms with Gasteiger partial charge in [0.15, 0.2) is 0 Å².